The van der Waals surface area contributed by atoms with E-state index in [9.17, 15) is 8.42 Å². The number of nitrogens with one attached hydrogen (secondary N) is 3. The van der Waals surface area contributed by atoms with E-state index in [0.717, 1.165) is 25.2 Å². The number of nitrogens with zero attached hydrogens (tertiary/aromatic N) is 4. The molecule has 1 saturated heterocycles. The predicted octanol–water partition coefficient (Wildman–Crippen LogP) is 4.06. The fourth-order valence-electron chi connectivity index (χ4n) is 4.16. The number of para-hydroxylation sites is 1. The summed E-state index contributed by atoms with van der Waals surface area (Å²) in [4.78, 5) is 13.5. The molecule has 1 aliphatic rings. The maximum atomic E-state index is 12.4. The van der Waals surface area contributed by atoms with Gasteiger partial charge in [0.25, 0.3) is 0 Å². The molecule has 198 valence electrons. The van der Waals surface area contributed by atoms with Crippen LogP contribution in [0, 0.1) is 0 Å². The van der Waals surface area contributed by atoms with Crippen molar-refractivity contribution in [2.45, 2.75) is 24.3 Å². The third-order valence-electron chi connectivity index (χ3n) is 6.21. The number of aromatic nitrogens is 2. The summed E-state index contributed by atoms with van der Waals surface area (Å²) in [6.45, 7) is 4.39. The molecule has 0 saturated carbocycles. The van der Waals surface area contributed by atoms with Crippen LogP contribution in [-0.4, -0.2) is 70.2 Å². The molecule has 0 amide bonds. The van der Waals surface area contributed by atoms with Gasteiger partial charge in [-0.25, -0.2) is 18.1 Å². The number of benzene rings is 2. The van der Waals surface area contributed by atoms with Crippen LogP contribution in [0.4, 0.5) is 28.8 Å². The monoisotopic (exact) mass is 545 g/mol. The first-order chi connectivity index (χ1) is 17.7. The Kier molecular flexibility index (Phi) is 8.38. The molecule has 1 aliphatic heterocycles. The van der Waals surface area contributed by atoms with Gasteiger partial charge in [-0.3, -0.25) is 0 Å². The Morgan fingerprint density at radius 1 is 1.16 bits per heavy atom. The topological polar surface area (TPSA) is 112 Å². The SMILES string of the molecule is CCOc1cc(N2CC[C@@H](N(C)C)C2)ccc1Nc1ncc(Cl)c(Nc2ccccc2S(=O)(=O)NC)n1. The highest BCUT2D eigenvalue weighted by Crippen LogP contribution is 2.34. The molecule has 3 N–H and O–H groups in total. The van der Waals surface area contributed by atoms with Gasteiger partial charge in [-0.1, -0.05) is 23.7 Å². The number of sulfonamides is 1. The maximum absolute atomic E-state index is 12.4. The van der Waals surface area contributed by atoms with Gasteiger partial charge in [-0.2, -0.15) is 4.98 Å². The summed E-state index contributed by atoms with van der Waals surface area (Å²) >= 11 is 6.34. The lowest BCUT2D eigenvalue weighted by atomic mass is 10.2. The van der Waals surface area contributed by atoms with E-state index in [4.69, 9.17) is 16.3 Å². The van der Waals surface area contributed by atoms with Gasteiger partial charge in [0.2, 0.25) is 16.0 Å². The average Bonchev–Trinajstić information content (AvgIpc) is 3.38. The maximum Gasteiger partial charge on any atom is 0.242 e. The van der Waals surface area contributed by atoms with Gasteiger partial charge in [0.1, 0.15) is 15.7 Å². The fraction of sp³-hybridized carbons (Fsp3) is 0.360. The Balaban J connectivity index is 1.58. The van der Waals surface area contributed by atoms with Gasteiger partial charge in [-0.05, 0) is 58.8 Å². The van der Waals surface area contributed by atoms with Crippen LogP contribution >= 0.6 is 11.6 Å². The van der Waals surface area contributed by atoms with Crippen molar-refractivity contribution in [1.29, 1.82) is 0 Å². The molecule has 10 nitrogen and oxygen atoms in total. The standard InChI is InChI=1S/C25H32ClN7O3S/c1-5-36-22-14-17(33-13-12-18(16-33)32(3)4)10-11-20(22)30-25-28-15-19(26)24(31-25)29-21-8-6-7-9-23(21)37(34,35)27-2/h6-11,14-15,18,27H,5,12-13,16H2,1-4H3,(H2,28,29,30,31)/t18-/m1/s1. The number of hydrogen-bond acceptors (Lipinski definition) is 9. The molecular formula is C25H32ClN7O3S. The van der Waals surface area contributed by atoms with Gasteiger partial charge in [-0.15, -0.1) is 0 Å². The fourth-order valence-corrected chi connectivity index (χ4v) is 5.19. The van der Waals surface area contributed by atoms with E-state index in [2.05, 4.69) is 55.3 Å². The van der Waals surface area contributed by atoms with Crippen LogP contribution in [0.25, 0.3) is 0 Å². The van der Waals surface area contributed by atoms with Crippen LogP contribution < -0.4 is 25.0 Å². The van der Waals surface area contributed by atoms with Crippen LogP contribution in [-0.2, 0) is 10.0 Å². The summed E-state index contributed by atoms with van der Waals surface area (Å²) in [7, 11) is 1.89. The Morgan fingerprint density at radius 2 is 1.95 bits per heavy atom. The van der Waals surface area contributed by atoms with E-state index < -0.39 is 10.0 Å². The van der Waals surface area contributed by atoms with Crippen LogP contribution in [0.5, 0.6) is 5.75 Å². The van der Waals surface area contributed by atoms with Crippen molar-refractivity contribution < 1.29 is 13.2 Å². The Morgan fingerprint density at radius 3 is 2.65 bits per heavy atom. The van der Waals surface area contributed by atoms with Gasteiger partial charge < -0.3 is 25.2 Å². The molecule has 0 aliphatic carbocycles. The molecular weight excluding hydrogens is 514 g/mol. The average molecular weight is 546 g/mol. The van der Waals surface area contributed by atoms with E-state index in [0.29, 0.717) is 29.8 Å². The summed E-state index contributed by atoms with van der Waals surface area (Å²) in [6, 6.07) is 13.1. The summed E-state index contributed by atoms with van der Waals surface area (Å²) in [6.07, 6.45) is 2.57. The quantitative estimate of drug-likeness (QED) is 0.347. The van der Waals surface area contributed by atoms with Gasteiger partial charge in [0.15, 0.2) is 5.82 Å². The van der Waals surface area contributed by atoms with Crippen molar-refractivity contribution >= 4 is 50.5 Å². The van der Waals surface area contributed by atoms with Crippen LogP contribution in [0.15, 0.2) is 53.6 Å². The number of hydrogen-bond donors (Lipinski definition) is 3. The molecule has 3 aromatic rings. The molecule has 1 atom stereocenters. The third-order valence-corrected chi connectivity index (χ3v) is 7.96. The van der Waals surface area contributed by atoms with Crippen molar-refractivity contribution in [3.8, 4) is 5.75 Å². The van der Waals surface area contributed by atoms with Crippen molar-refractivity contribution in [2.75, 3.05) is 56.4 Å². The highest BCUT2D eigenvalue weighted by Gasteiger charge is 2.25. The summed E-state index contributed by atoms with van der Waals surface area (Å²) in [5.41, 5.74) is 2.14. The number of likely N-dealkylation sites (N-methyl/N-ethyl adjacent to an activating group) is 1. The molecule has 12 heteroatoms. The highest BCUT2D eigenvalue weighted by molar-refractivity contribution is 7.89. The first-order valence-corrected chi connectivity index (χ1v) is 13.8. The first kappa shape index (κ1) is 26.9. The highest BCUT2D eigenvalue weighted by atomic mass is 35.5. The Bertz CT molecular complexity index is 1350. The normalized spacial score (nSPS) is 15.7. The molecule has 2 aromatic carbocycles. The lowest BCUT2D eigenvalue weighted by Crippen LogP contribution is -2.31. The van der Waals surface area contributed by atoms with Gasteiger partial charge in [0, 0.05) is 30.9 Å². The summed E-state index contributed by atoms with van der Waals surface area (Å²) in [5, 5.41) is 6.47. The molecule has 1 aromatic heterocycles. The molecule has 37 heavy (non-hydrogen) atoms. The van der Waals surface area contributed by atoms with E-state index >= 15 is 0 Å². The van der Waals surface area contributed by atoms with E-state index in [1.54, 1.807) is 18.2 Å². The smallest absolute Gasteiger partial charge is 0.242 e. The van der Waals surface area contributed by atoms with E-state index in [-0.39, 0.29) is 21.7 Å². The first-order valence-electron chi connectivity index (χ1n) is 12.0. The van der Waals surface area contributed by atoms with Gasteiger partial charge >= 0.3 is 0 Å². The van der Waals surface area contributed by atoms with E-state index in [1.165, 1.54) is 19.3 Å². The zero-order valence-electron chi connectivity index (χ0n) is 21.3. The minimum Gasteiger partial charge on any atom is -0.492 e. The molecule has 1 fully saturated rings. The molecule has 4 rings (SSSR count). The lowest BCUT2D eigenvalue weighted by Gasteiger charge is -2.23. The molecule has 2 heterocycles. The predicted molar refractivity (Wildman–Crippen MR) is 148 cm³/mol. The zero-order valence-corrected chi connectivity index (χ0v) is 22.9. The Labute approximate surface area is 223 Å². The van der Waals surface area contributed by atoms with Crippen LogP contribution in [0.1, 0.15) is 13.3 Å². The minimum atomic E-state index is -3.69. The second-order valence-corrected chi connectivity index (χ2v) is 11.1. The van der Waals surface area contributed by atoms with Gasteiger partial charge in [0.05, 0.1) is 24.2 Å². The van der Waals surface area contributed by atoms with Crippen molar-refractivity contribution in [1.82, 2.24) is 19.6 Å². The minimum absolute atomic E-state index is 0.0781. The number of anilines is 5. The number of ether oxygens (including phenoxy) is 1. The van der Waals surface area contributed by atoms with Crippen molar-refractivity contribution in [3.05, 3.63) is 53.7 Å². The second-order valence-electron chi connectivity index (χ2n) is 8.81. The molecule has 0 unspecified atom stereocenters. The third kappa shape index (κ3) is 6.24. The summed E-state index contributed by atoms with van der Waals surface area (Å²) in [5.74, 6) is 1.23. The molecule has 0 bridgehead atoms. The molecule has 0 radical (unpaired) electrons. The van der Waals surface area contributed by atoms with Crippen molar-refractivity contribution in [2.24, 2.45) is 0 Å². The van der Waals surface area contributed by atoms with Crippen LogP contribution in [0.2, 0.25) is 5.02 Å². The second kappa shape index (κ2) is 11.5. The number of rotatable bonds is 10. The molecule has 0 spiro atoms. The largest absolute Gasteiger partial charge is 0.492 e. The number of halogens is 1. The van der Waals surface area contributed by atoms with E-state index in [1.807, 2.05) is 19.1 Å². The van der Waals surface area contributed by atoms with Crippen molar-refractivity contribution in [3.63, 3.8) is 0 Å². The Hall–Kier alpha value is -3.12. The summed E-state index contributed by atoms with van der Waals surface area (Å²) < 4.78 is 33.1. The zero-order chi connectivity index (χ0) is 26.6. The van der Waals surface area contributed by atoms with Crippen LogP contribution in [0.3, 0.4) is 0 Å². The lowest BCUT2D eigenvalue weighted by molar-refractivity contribution is 0.315.